The first-order valence-corrected chi connectivity index (χ1v) is 5.14. The highest BCUT2D eigenvalue weighted by Gasteiger charge is 2.40. The van der Waals surface area contributed by atoms with E-state index >= 15 is 0 Å². The summed E-state index contributed by atoms with van der Waals surface area (Å²) >= 11 is 0. The van der Waals surface area contributed by atoms with Crippen LogP contribution in [0.4, 0.5) is 4.79 Å². The summed E-state index contributed by atoms with van der Waals surface area (Å²) in [5.74, 6) is 0.547. The van der Waals surface area contributed by atoms with Gasteiger partial charge in [0, 0.05) is 0 Å². The van der Waals surface area contributed by atoms with Crippen molar-refractivity contribution < 1.29 is 14.6 Å². The number of likely N-dealkylation sites (tertiary alicyclic amines) is 1. The van der Waals surface area contributed by atoms with Gasteiger partial charge in [-0.1, -0.05) is 0 Å². The molecule has 1 aromatic heterocycles. The summed E-state index contributed by atoms with van der Waals surface area (Å²) < 4.78 is 5.57. The number of amides is 1. The molecule has 0 aromatic carbocycles. The lowest BCUT2D eigenvalue weighted by Crippen LogP contribution is -2.62. The Kier molecular flexibility index (Phi) is 2.83. The minimum absolute atomic E-state index is 0.152. The molecular weight excluding hydrogens is 222 g/mol. The van der Waals surface area contributed by atoms with E-state index in [1.165, 1.54) is 11.1 Å². The molecule has 2 rings (SSSR count). The van der Waals surface area contributed by atoms with Gasteiger partial charge in [-0.25, -0.2) is 9.78 Å². The Hall–Kier alpha value is -2.29. The highest BCUT2D eigenvalue weighted by Crippen LogP contribution is 2.23. The maximum Gasteiger partial charge on any atom is 0.407 e. The molecule has 2 heterocycles. The lowest BCUT2D eigenvalue weighted by Gasteiger charge is -2.43. The number of carboxylic acid groups (broad SMARTS) is 1. The van der Waals surface area contributed by atoms with Gasteiger partial charge in [0.1, 0.15) is 23.6 Å². The fourth-order valence-electron chi connectivity index (χ4n) is 1.65. The molecule has 88 valence electrons. The van der Waals surface area contributed by atoms with Crippen LogP contribution in [0.3, 0.4) is 0 Å². The van der Waals surface area contributed by atoms with Crippen molar-refractivity contribution in [3.63, 3.8) is 0 Å². The van der Waals surface area contributed by atoms with E-state index < -0.39 is 6.09 Å². The minimum atomic E-state index is -0.935. The summed E-state index contributed by atoms with van der Waals surface area (Å²) in [6.07, 6.45) is 0.380. The molecule has 1 N–H and O–H groups in total. The summed E-state index contributed by atoms with van der Waals surface area (Å²) in [6.45, 7) is 2.15. The molecular formula is C11H11N3O3. The first-order chi connectivity index (χ1) is 8.11. The van der Waals surface area contributed by atoms with Crippen LogP contribution in [0.1, 0.15) is 12.6 Å². The van der Waals surface area contributed by atoms with Gasteiger partial charge in [-0.3, -0.25) is 4.90 Å². The Morgan fingerprint density at radius 1 is 1.71 bits per heavy atom. The van der Waals surface area contributed by atoms with Crippen molar-refractivity contribution in [2.75, 3.05) is 6.54 Å². The zero-order valence-corrected chi connectivity index (χ0v) is 9.20. The normalized spacial score (nSPS) is 22.5. The van der Waals surface area contributed by atoms with Crippen molar-refractivity contribution in [3.05, 3.63) is 24.0 Å². The maximum atomic E-state index is 10.7. The number of hydrogen-bond donors (Lipinski definition) is 1. The van der Waals surface area contributed by atoms with Crippen LogP contribution >= 0.6 is 0 Å². The molecule has 1 aliphatic heterocycles. The third kappa shape index (κ3) is 2.13. The quantitative estimate of drug-likeness (QED) is 0.826. The Balaban J connectivity index is 1.95. The maximum absolute atomic E-state index is 10.7. The molecule has 1 saturated heterocycles. The topological polar surface area (TPSA) is 86.5 Å². The predicted molar refractivity (Wildman–Crippen MR) is 57.6 cm³/mol. The van der Waals surface area contributed by atoms with Crippen LogP contribution < -0.4 is 4.74 Å². The molecule has 0 aliphatic carbocycles. The molecule has 17 heavy (non-hydrogen) atoms. The molecule has 2 atom stereocenters. The number of hydrogen-bond acceptors (Lipinski definition) is 4. The van der Waals surface area contributed by atoms with Crippen LogP contribution in [-0.2, 0) is 0 Å². The van der Waals surface area contributed by atoms with E-state index in [0.717, 1.165) is 0 Å². The number of nitrogens with zero attached hydrogens (tertiary/aromatic N) is 3. The second kappa shape index (κ2) is 4.29. The fraction of sp³-hybridized carbons (Fsp3) is 0.364. The largest absolute Gasteiger partial charge is 0.485 e. The highest BCUT2D eigenvalue weighted by atomic mass is 16.5. The van der Waals surface area contributed by atoms with Crippen LogP contribution in [0.2, 0.25) is 0 Å². The average Bonchev–Trinajstić information content (AvgIpc) is 2.33. The zero-order valence-electron chi connectivity index (χ0n) is 9.20. The molecule has 1 aromatic rings. The Morgan fingerprint density at radius 2 is 2.47 bits per heavy atom. The van der Waals surface area contributed by atoms with Crippen molar-refractivity contribution >= 4 is 6.09 Å². The van der Waals surface area contributed by atoms with Gasteiger partial charge < -0.3 is 9.84 Å². The van der Waals surface area contributed by atoms with Crippen LogP contribution in [0.5, 0.6) is 5.75 Å². The standard InChI is InChI=1S/C11H11N3O3/c1-7-10(6-14(7)11(15)16)17-9-3-2-8(4-12)13-5-9/h2-3,5,7,10H,6H2,1H3,(H,15,16)/t7-,10?/m0/s1. The van der Waals surface area contributed by atoms with Crippen LogP contribution in [0, 0.1) is 11.3 Å². The predicted octanol–water partition coefficient (Wildman–Crippen LogP) is 1.08. The lowest BCUT2D eigenvalue weighted by atomic mass is 10.0. The molecule has 1 unspecified atom stereocenters. The van der Waals surface area contributed by atoms with Crippen LogP contribution in [0.15, 0.2) is 18.3 Å². The van der Waals surface area contributed by atoms with Crippen molar-refractivity contribution in [2.45, 2.75) is 19.1 Å². The van der Waals surface area contributed by atoms with Gasteiger partial charge in [0.2, 0.25) is 0 Å². The second-order valence-corrected chi connectivity index (χ2v) is 3.82. The van der Waals surface area contributed by atoms with Gasteiger partial charge in [0.05, 0.1) is 18.8 Å². The van der Waals surface area contributed by atoms with Crippen molar-refractivity contribution in [1.29, 1.82) is 5.26 Å². The third-order valence-corrected chi connectivity index (χ3v) is 2.79. The smallest absolute Gasteiger partial charge is 0.407 e. The van der Waals surface area contributed by atoms with Gasteiger partial charge in [-0.2, -0.15) is 5.26 Å². The Labute approximate surface area is 98.1 Å². The van der Waals surface area contributed by atoms with Crippen LogP contribution in [0.25, 0.3) is 0 Å². The van der Waals surface area contributed by atoms with E-state index in [0.29, 0.717) is 18.0 Å². The number of aromatic nitrogens is 1. The summed E-state index contributed by atoms with van der Waals surface area (Å²) in [7, 11) is 0. The van der Waals surface area contributed by atoms with E-state index in [9.17, 15) is 4.79 Å². The molecule has 0 spiro atoms. The van der Waals surface area contributed by atoms with Crippen molar-refractivity contribution in [3.8, 4) is 11.8 Å². The van der Waals surface area contributed by atoms with Gasteiger partial charge in [-0.15, -0.1) is 0 Å². The summed E-state index contributed by atoms with van der Waals surface area (Å²) in [6, 6.07) is 4.97. The molecule has 1 aliphatic rings. The van der Waals surface area contributed by atoms with E-state index in [1.807, 2.05) is 6.07 Å². The summed E-state index contributed by atoms with van der Waals surface area (Å²) in [5.41, 5.74) is 0.325. The monoisotopic (exact) mass is 233 g/mol. The number of pyridine rings is 1. The fourth-order valence-corrected chi connectivity index (χ4v) is 1.65. The molecule has 6 heteroatoms. The number of rotatable bonds is 2. The molecule has 1 amide bonds. The minimum Gasteiger partial charge on any atom is -0.485 e. The molecule has 0 bridgehead atoms. The number of carbonyl (C=O) groups is 1. The van der Waals surface area contributed by atoms with Gasteiger partial charge >= 0.3 is 6.09 Å². The first-order valence-electron chi connectivity index (χ1n) is 5.14. The van der Waals surface area contributed by atoms with Gasteiger partial charge in [0.25, 0.3) is 0 Å². The zero-order chi connectivity index (χ0) is 12.4. The second-order valence-electron chi connectivity index (χ2n) is 3.82. The lowest BCUT2D eigenvalue weighted by molar-refractivity contribution is -0.0226. The van der Waals surface area contributed by atoms with Gasteiger partial charge in [0.15, 0.2) is 0 Å². The van der Waals surface area contributed by atoms with E-state index in [-0.39, 0.29) is 12.1 Å². The van der Waals surface area contributed by atoms with Crippen molar-refractivity contribution in [2.24, 2.45) is 0 Å². The Morgan fingerprint density at radius 3 is 2.94 bits per heavy atom. The van der Waals surface area contributed by atoms with E-state index in [4.69, 9.17) is 15.1 Å². The molecule has 1 fully saturated rings. The number of ether oxygens (including phenoxy) is 1. The number of nitriles is 1. The van der Waals surface area contributed by atoms with E-state index in [2.05, 4.69) is 4.98 Å². The molecule has 0 saturated carbocycles. The summed E-state index contributed by atoms with van der Waals surface area (Å²) in [4.78, 5) is 15.9. The first kappa shape index (κ1) is 11.2. The van der Waals surface area contributed by atoms with Crippen molar-refractivity contribution in [1.82, 2.24) is 9.88 Å². The third-order valence-electron chi connectivity index (χ3n) is 2.79. The summed E-state index contributed by atoms with van der Waals surface area (Å²) in [5, 5.41) is 17.4. The average molecular weight is 233 g/mol. The highest BCUT2D eigenvalue weighted by molar-refractivity contribution is 5.66. The molecule has 6 nitrogen and oxygen atoms in total. The SMILES string of the molecule is C[C@H]1C(Oc2ccc(C#N)nc2)CN1C(=O)O. The molecule has 0 radical (unpaired) electrons. The van der Waals surface area contributed by atoms with E-state index in [1.54, 1.807) is 19.1 Å². The van der Waals surface area contributed by atoms with Crippen LogP contribution in [-0.4, -0.2) is 39.8 Å². The Bertz CT molecular complexity index is 466. The van der Waals surface area contributed by atoms with Gasteiger partial charge in [-0.05, 0) is 19.1 Å².